The lowest BCUT2D eigenvalue weighted by Crippen LogP contribution is -2.21. The van der Waals surface area contributed by atoms with Gasteiger partial charge in [-0.3, -0.25) is 0 Å². The molecule has 0 atom stereocenters. The lowest BCUT2D eigenvalue weighted by atomic mass is 11.1. The number of hydrogen-bond donors (Lipinski definition) is 0. The van der Waals surface area contributed by atoms with Crippen LogP contribution in [0.1, 0.15) is 0 Å². The molecule has 0 aromatic rings. The first kappa shape index (κ1) is 15.6. The van der Waals surface area contributed by atoms with E-state index in [1.165, 1.54) is 0 Å². The van der Waals surface area contributed by atoms with Crippen LogP contribution in [0.5, 0.6) is 0 Å². The molecule has 0 aromatic heterocycles. The normalized spacial score (nSPS) is 11.1. The minimum Gasteiger partial charge on any atom is -0.741 e. The van der Waals surface area contributed by atoms with E-state index in [1.54, 1.807) is 13.5 Å². The second kappa shape index (κ2) is 5.81. The van der Waals surface area contributed by atoms with Gasteiger partial charge >= 0.3 is 11.9 Å². The van der Waals surface area contributed by atoms with E-state index in [9.17, 15) is 13.2 Å². The predicted molar refractivity (Wildman–Crippen MR) is 40.9 cm³/mol. The van der Waals surface area contributed by atoms with Crippen LogP contribution in [0.15, 0.2) is 0 Å². The first-order valence-corrected chi connectivity index (χ1v) is 4.48. The number of rotatable bonds is 1. The molecule has 0 spiro atoms. The van der Waals surface area contributed by atoms with Gasteiger partial charge in [-0.25, -0.2) is 13.0 Å². The van der Waals surface area contributed by atoms with E-state index in [-0.39, 0.29) is 0 Å². The minimum atomic E-state index is -6.09. The highest BCUT2D eigenvalue weighted by molar-refractivity contribution is 7.86. The van der Waals surface area contributed by atoms with Gasteiger partial charge in [0.25, 0.3) is 0 Å². The standard InChI is InChI=1S/C4H10NO.CHF3O3S/c1-5(2)4-6-3;2-1(3,4)8(5,6)7/h4H,1-3H3;(H,5,6,7)/q+1;/p-1. The van der Waals surface area contributed by atoms with Crippen molar-refractivity contribution in [1.29, 1.82) is 0 Å². The fourth-order valence-corrected chi connectivity index (χ4v) is 0.211. The maximum Gasteiger partial charge on any atom is 0.485 e. The zero-order valence-corrected chi connectivity index (χ0v) is 8.52. The Morgan fingerprint density at radius 2 is 1.64 bits per heavy atom. The van der Waals surface area contributed by atoms with Gasteiger partial charge in [0.15, 0.2) is 10.1 Å². The van der Waals surface area contributed by atoms with E-state index >= 15 is 0 Å². The summed E-state index contributed by atoms with van der Waals surface area (Å²) in [4.78, 5) is 0. The first-order valence-electron chi connectivity index (χ1n) is 3.07. The molecule has 0 unspecified atom stereocenters. The van der Waals surface area contributed by atoms with Gasteiger partial charge in [-0.05, 0) is 0 Å². The maximum absolute atomic E-state index is 10.7. The molecule has 0 rings (SSSR count). The Bertz CT molecular complexity index is 278. The Kier molecular flexibility index (Phi) is 6.48. The van der Waals surface area contributed by atoms with Crippen LogP contribution < -0.4 is 0 Å². The Morgan fingerprint density at radius 3 is 1.64 bits per heavy atom. The molecule has 9 heteroatoms. The van der Waals surface area contributed by atoms with Gasteiger partial charge in [0.1, 0.15) is 14.1 Å². The predicted octanol–water partition coefficient (Wildman–Crippen LogP) is -0.0154. The minimum absolute atomic E-state index is 1.62. The van der Waals surface area contributed by atoms with E-state index in [2.05, 4.69) is 4.74 Å². The summed E-state index contributed by atoms with van der Waals surface area (Å²) < 4.78 is 65.3. The summed E-state index contributed by atoms with van der Waals surface area (Å²) in [6.07, 6.45) is 1.62. The third kappa shape index (κ3) is 9.26. The molecule has 0 aliphatic heterocycles. The van der Waals surface area contributed by atoms with Crippen molar-refractivity contribution in [2.45, 2.75) is 5.51 Å². The van der Waals surface area contributed by atoms with Crippen molar-refractivity contribution in [3.8, 4) is 0 Å². The van der Waals surface area contributed by atoms with Gasteiger partial charge in [0, 0.05) is 0 Å². The summed E-state index contributed by atoms with van der Waals surface area (Å²) in [7, 11) is -0.653. The van der Waals surface area contributed by atoms with Crippen molar-refractivity contribution in [2.75, 3.05) is 21.2 Å². The molecule has 0 heterocycles. The van der Waals surface area contributed by atoms with Crippen LogP contribution >= 0.6 is 0 Å². The summed E-state index contributed by atoms with van der Waals surface area (Å²) in [6, 6.07) is 0. The summed E-state index contributed by atoms with van der Waals surface area (Å²) >= 11 is 0. The van der Waals surface area contributed by atoms with Crippen LogP contribution in [0.4, 0.5) is 13.2 Å². The molecule has 0 aliphatic carbocycles. The molecule has 86 valence electrons. The lowest BCUT2D eigenvalue weighted by Gasteiger charge is -2.08. The molecule has 0 saturated carbocycles. The molecule has 0 radical (unpaired) electrons. The van der Waals surface area contributed by atoms with Crippen molar-refractivity contribution in [2.24, 2.45) is 0 Å². The number of halogens is 3. The topological polar surface area (TPSA) is 69.4 Å². The van der Waals surface area contributed by atoms with Crippen LogP contribution in [0.3, 0.4) is 0 Å². The van der Waals surface area contributed by atoms with E-state index in [0.717, 1.165) is 0 Å². The van der Waals surface area contributed by atoms with E-state index in [1.807, 2.05) is 18.7 Å². The number of alkyl halides is 3. The van der Waals surface area contributed by atoms with Gasteiger partial charge in [-0.2, -0.15) is 13.2 Å². The fourth-order valence-electron chi connectivity index (χ4n) is 0.211. The van der Waals surface area contributed by atoms with E-state index in [0.29, 0.717) is 0 Å². The van der Waals surface area contributed by atoms with Crippen LogP contribution in [-0.2, 0) is 14.9 Å². The number of methoxy groups -OCH3 is 1. The highest BCUT2D eigenvalue weighted by Gasteiger charge is 2.36. The molecule has 0 aliphatic rings. The average molecular weight is 237 g/mol. The van der Waals surface area contributed by atoms with Crippen molar-refractivity contribution in [1.82, 2.24) is 0 Å². The second-order valence-electron chi connectivity index (χ2n) is 2.20. The molecule has 0 amide bonds. The van der Waals surface area contributed by atoms with Crippen molar-refractivity contribution in [3.63, 3.8) is 0 Å². The van der Waals surface area contributed by atoms with Crippen LogP contribution in [0.25, 0.3) is 0 Å². The summed E-state index contributed by atoms with van der Waals surface area (Å²) in [5, 5.41) is 0. The quantitative estimate of drug-likeness (QED) is 0.211. The van der Waals surface area contributed by atoms with Gasteiger partial charge in [-0.15, -0.1) is 0 Å². The van der Waals surface area contributed by atoms with Crippen LogP contribution in [0, 0.1) is 0 Å². The molecule has 0 aromatic carbocycles. The smallest absolute Gasteiger partial charge is 0.485 e. The summed E-state index contributed by atoms with van der Waals surface area (Å²) in [5.41, 5.74) is -5.65. The average Bonchev–Trinajstić information content (AvgIpc) is 1.82. The molecule has 0 bridgehead atoms. The van der Waals surface area contributed by atoms with E-state index in [4.69, 9.17) is 13.0 Å². The zero-order chi connectivity index (χ0) is 12.0. The fraction of sp³-hybridized carbons (Fsp3) is 0.800. The van der Waals surface area contributed by atoms with Gasteiger partial charge < -0.3 is 9.29 Å². The third-order valence-electron chi connectivity index (χ3n) is 0.600. The molecular formula is C5H10F3NO4S. The largest absolute Gasteiger partial charge is 0.741 e. The SMILES string of the molecule is COC=[N+](C)C.O=S(=O)([O-])C(F)(F)F. The van der Waals surface area contributed by atoms with Crippen molar-refractivity contribution < 1.29 is 35.5 Å². The zero-order valence-electron chi connectivity index (χ0n) is 7.70. The van der Waals surface area contributed by atoms with Gasteiger partial charge in [0.05, 0.1) is 7.11 Å². The molecule has 0 saturated heterocycles. The van der Waals surface area contributed by atoms with Gasteiger partial charge in [0.2, 0.25) is 0 Å². The summed E-state index contributed by atoms with van der Waals surface area (Å²) in [5.74, 6) is 0. The monoisotopic (exact) mass is 237 g/mol. The Morgan fingerprint density at radius 1 is 1.36 bits per heavy atom. The number of hydrogen-bond acceptors (Lipinski definition) is 4. The molecule has 0 fully saturated rings. The third-order valence-corrected chi connectivity index (χ3v) is 1.17. The van der Waals surface area contributed by atoms with Crippen molar-refractivity contribution in [3.05, 3.63) is 0 Å². The van der Waals surface area contributed by atoms with Crippen LogP contribution in [0.2, 0.25) is 0 Å². The Hall–Kier alpha value is -0.830. The Balaban J connectivity index is 0. The lowest BCUT2D eigenvalue weighted by molar-refractivity contribution is -0.467. The highest BCUT2D eigenvalue weighted by Crippen LogP contribution is 2.20. The number of ether oxygens (including phenoxy) is 1. The molecular weight excluding hydrogens is 227 g/mol. The maximum atomic E-state index is 10.7. The first-order chi connectivity index (χ1) is 6.02. The van der Waals surface area contributed by atoms with Gasteiger partial charge in [-0.1, -0.05) is 0 Å². The molecule has 14 heavy (non-hydrogen) atoms. The van der Waals surface area contributed by atoms with E-state index < -0.39 is 15.6 Å². The second-order valence-corrected chi connectivity index (χ2v) is 3.58. The molecule has 0 N–H and O–H groups in total. The molecule has 5 nitrogen and oxygen atoms in total. The highest BCUT2D eigenvalue weighted by atomic mass is 32.2. The Labute approximate surface area is 79.5 Å². The van der Waals surface area contributed by atoms with Crippen LogP contribution in [-0.4, -0.2) is 50.7 Å². The number of nitrogens with zero attached hydrogens (tertiary/aromatic N) is 1. The summed E-state index contributed by atoms with van der Waals surface area (Å²) in [6.45, 7) is 0. The van der Waals surface area contributed by atoms with Crippen molar-refractivity contribution >= 4 is 16.5 Å².